The van der Waals surface area contributed by atoms with Gasteiger partial charge in [0.2, 0.25) is 5.91 Å². The third kappa shape index (κ3) is 4.52. The van der Waals surface area contributed by atoms with E-state index in [0.29, 0.717) is 13.0 Å². The molecule has 0 aromatic heterocycles. The summed E-state index contributed by atoms with van der Waals surface area (Å²) in [7, 11) is 0. The van der Waals surface area contributed by atoms with Gasteiger partial charge in [-0.15, -0.1) is 0 Å². The standard InChI is InChI=1S/C17H25FN2O2/c1-2-15(9-11-21)19-17(22)16-4-3-10-20(16)12-13-5-7-14(18)8-6-13/h5-8,15-16,21H,2-4,9-12H2,1H3,(H,19,22). The summed E-state index contributed by atoms with van der Waals surface area (Å²) in [5.41, 5.74) is 1.02. The molecule has 22 heavy (non-hydrogen) atoms. The normalized spacial score (nSPS) is 20.0. The summed E-state index contributed by atoms with van der Waals surface area (Å²) < 4.78 is 13.0. The Bertz CT molecular complexity index is 478. The Morgan fingerprint density at radius 3 is 2.82 bits per heavy atom. The van der Waals surface area contributed by atoms with E-state index in [9.17, 15) is 9.18 Å². The number of hydrogen-bond acceptors (Lipinski definition) is 3. The Kier molecular flexibility index (Phi) is 6.34. The average Bonchev–Trinajstić information content (AvgIpc) is 2.97. The molecule has 1 aromatic rings. The number of nitrogens with one attached hydrogen (secondary N) is 1. The number of amides is 1. The van der Waals surface area contributed by atoms with Gasteiger partial charge < -0.3 is 10.4 Å². The van der Waals surface area contributed by atoms with E-state index in [1.54, 1.807) is 12.1 Å². The van der Waals surface area contributed by atoms with Crippen molar-refractivity contribution < 1.29 is 14.3 Å². The van der Waals surface area contributed by atoms with Gasteiger partial charge in [0.1, 0.15) is 5.82 Å². The Labute approximate surface area is 131 Å². The lowest BCUT2D eigenvalue weighted by atomic mass is 10.1. The Hall–Kier alpha value is -1.46. The number of hydrogen-bond donors (Lipinski definition) is 2. The Morgan fingerprint density at radius 1 is 1.45 bits per heavy atom. The molecule has 4 nitrogen and oxygen atoms in total. The molecule has 0 aliphatic carbocycles. The van der Waals surface area contributed by atoms with E-state index in [1.807, 2.05) is 6.92 Å². The molecule has 2 N–H and O–H groups in total. The highest BCUT2D eigenvalue weighted by Crippen LogP contribution is 2.20. The van der Waals surface area contributed by atoms with Crippen molar-refractivity contribution in [1.29, 1.82) is 0 Å². The van der Waals surface area contributed by atoms with Crippen molar-refractivity contribution >= 4 is 5.91 Å². The lowest BCUT2D eigenvalue weighted by Crippen LogP contribution is -2.46. The first kappa shape index (κ1) is 16.9. The maximum atomic E-state index is 13.0. The van der Waals surface area contributed by atoms with Gasteiger partial charge in [0.25, 0.3) is 0 Å². The van der Waals surface area contributed by atoms with Crippen LogP contribution in [0.1, 0.15) is 38.2 Å². The number of aliphatic hydroxyl groups excluding tert-OH is 1. The zero-order valence-electron chi connectivity index (χ0n) is 13.1. The fourth-order valence-corrected chi connectivity index (χ4v) is 2.97. The summed E-state index contributed by atoms with van der Waals surface area (Å²) in [5.74, 6) is -0.200. The molecule has 2 atom stereocenters. The molecule has 1 saturated heterocycles. The number of likely N-dealkylation sites (tertiary alicyclic amines) is 1. The number of nitrogens with zero attached hydrogens (tertiary/aromatic N) is 1. The summed E-state index contributed by atoms with van der Waals surface area (Å²) >= 11 is 0. The summed E-state index contributed by atoms with van der Waals surface area (Å²) in [4.78, 5) is 14.6. The lowest BCUT2D eigenvalue weighted by Gasteiger charge is -2.26. The highest BCUT2D eigenvalue weighted by molar-refractivity contribution is 5.82. The number of aliphatic hydroxyl groups is 1. The molecule has 2 unspecified atom stereocenters. The van der Waals surface area contributed by atoms with Crippen molar-refractivity contribution in [3.63, 3.8) is 0 Å². The fourth-order valence-electron chi connectivity index (χ4n) is 2.97. The van der Waals surface area contributed by atoms with Gasteiger partial charge in [-0.05, 0) is 49.9 Å². The molecular weight excluding hydrogens is 283 g/mol. The van der Waals surface area contributed by atoms with Crippen molar-refractivity contribution in [1.82, 2.24) is 10.2 Å². The van der Waals surface area contributed by atoms with Crippen LogP contribution in [0.3, 0.4) is 0 Å². The minimum Gasteiger partial charge on any atom is -0.396 e. The number of halogens is 1. The summed E-state index contributed by atoms with van der Waals surface area (Å²) in [6.07, 6.45) is 3.25. The summed E-state index contributed by atoms with van der Waals surface area (Å²) in [5, 5.41) is 12.1. The third-order valence-electron chi connectivity index (χ3n) is 4.28. The largest absolute Gasteiger partial charge is 0.396 e. The van der Waals surface area contributed by atoms with E-state index in [-0.39, 0.29) is 30.4 Å². The number of carbonyl (C=O) groups excluding carboxylic acids is 1. The highest BCUT2D eigenvalue weighted by atomic mass is 19.1. The van der Waals surface area contributed by atoms with E-state index < -0.39 is 0 Å². The highest BCUT2D eigenvalue weighted by Gasteiger charge is 2.31. The van der Waals surface area contributed by atoms with Gasteiger partial charge in [0, 0.05) is 19.2 Å². The molecule has 0 radical (unpaired) electrons. The summed E-state index contributed by atoms with van der Waals surface area (Å²) in [6.45, 7) is 3.63. The quantitative estimate of drug-likeness (QED) is 0.811. The van der Waals surface area contributed by atoms with Crippen molar-refractivity contribution in [2.24, 2.45) is 0 Å². The molecule has 1 aliphatic rings. The second kappa shape index (κ2) is 8.25. The van der Waals surface area contributed by atoms with Crippen LogP contribution in [-0.4, -0.2) is 41.1 Å². The van der Waals surface area contributed by atoms with Crippen LogP contribution in [0.2, 0.25) is 0 Å². The van der Waals surface area contributed by atoms with Crippen LogP contribution in [-0.2, 0) is 11.3 Å². The second-order valence-corrected chi connectivity index (χ2v) is 5.88. The monoisotopic (exact) mass is 308 g/mol. The van der Waals surface area contributed by atoms with Gasteiger partial charge in [0.05, 0.1) is 6.04 Å². The van der Waals surface area contributed by atoms with Gasteiger partial charge in [-0.1, -0.05) is 19.1 Å². The maximum Gasteiger partial charge on any atom is 0.237 e. The molecule has 0 saturated carbocycles. The van der Waals surface area contributed by atoms with E-state index in [4.69, 9.17) is 5.11 Å². The van der Waals surface area contributed by atoms with Gasteiger partial charge in [-0.3, -0.25) is 9.69 Å². The van der Waals surface area contributed by atoms with E-state index in [2.05, 4.69) is 10.2 Å². The first-order valence-corrected chi connectivity index (χ1v) is 8.03. The van der Waals surface area contributed by atoms with Crippen molar-refractivity contribution in [2.75, 3.05) is 13.2 Å². The van der Waals surface area contributed by atoms with Crippen molar-refractivity contribution in [3.8, 4) is 0 Å². The zero-order chi connectivity index (χ0) is 15.9. The Morgan fingerprint density at radius 2 is 2.18 bits per heavy atom. The number of carbonyl (C=O) groups is 1. The molecule has 1 heterocycles. The predicted octanol–water partition coefficient (Wildman–Crippen LogP) is 2.07. The minimum atomic E-state index is -0.241. The van der Waals surface area contributed by atoms with Crippen LogP contribution < -0.4 is 5.32 Å². The minimum absolute atomic E-state index is 0.0331. The van der Waals surface area contributed by atoms with E-state index in [1.165, 1.54) is 12.1 Å². The maximum absolute atomic E-state index is 13.0. The zero-order valence-corrected chi connectivity index (χ0v) is 13.1. The van der Waals surface area contributed by atoms with E-state index >= 15 is 0 Å². The second-order valence-electron chi connectivity index (χ2n) is 5.88. The third-order valence-corrected chi connectivity index (χ3v) is 4.28. The molecular formula is C17H25FN2O2. The topological polar surface area (TPSA) is 52.6 Å². The number of benzene rings is 1. The smallest absolute Gasteiger partial charge is 0.237 e. The lowest BCUT2D eigenvalue weighted by molar-refractivity contribution is -0.126. The fraction of sp³-hybridized carbons (Fsp3) is 0.588. The predicted molar refractivity (Wildman–Crippen MR) is 83.8 cm³/mol. The molecule has 2 rings (SSSR count). The average molecular weight is 308 g/mol. The Balaban J connectivity index is 1.94. The van der Waals surface area contributed by atoms with Crippen molar-refractivity contribution in [3.05, 3.63) is 35.6 Å². The van der Waals surface area contributed by atoms with Crippen LogP contribution in [0.5, 0.6) is 0 Å². The molecule has 1 amide bonds. The molecule has 1 aromatic carbocycles. The molecule has 0 bridgehead atoms. The first-order chi connectivity index (χ1) is 10.6. The van der Waals surface area contributed by atoms with Crippen LogP contribution >= 0.6 is 0 Å². The van der Waals surface area contributed by atoms with Crippen molar-refractivity contribution in [2.45, 2.75) is 51.2 Å². The SMILES string of the molecule is CCC(CCO)NC(=O)C1CCCN1Cc1ccc(F)cc1. The molecule has 0 spiro atoms. The molecule has 1 fully saturated rings. The molecule has 5 heteroatoms. The van der Waals surface area contributed by atoms with Crippen LogP contribution in [0.4, 0.5) is 4.39 Å². The van der Waals surface area contributed by atoms with Crippen LogP contribution in [0, 0.1) is 5.82 Å². The first-order valence-electron chi connectivity index (χ1n) is 8.03. The number of rotatable bonds is 7. The van der Waals surface area contributed by atoms with Gasteiger partial charge in [0.15, 0.2) is 0 Å². The van der Waals surface area contributed by atoms with E-state index in [0.717, 1.165) is 31.4 Å². The van der Waals surface area contributed by atoms with Gasteiger partial charge >= 0.3 is 0 Å². The molecule has 1 aliphatic heterocycles. The van der Waals surface area contributed by atoms with Crippen LogP contribution in [0.15, 0.2) is 24.3 Å². The van der Waals surface area contributed by atoms with Gasteiger partial charge in [-0.25, -0.2) is 4.39 Å². The molecule has 122 valence electrons. The summed E-state index contributed by atoms with van der Waals surface area (Å²) in [6, 6.07) is 6.35. The van der Waals surface area contributed by atoms with Gasteiger partial charge in [-0.2, -0.15) is 0 Å². The van der Waals surface area contributed by atoms with Crippen LogP contribution in [0.25, 0.3) is 0 Å².